The van der Waals surface area contributed by atoms with E-state index in [0.717, 1.165) is 25.7 Å². The molecule has 2 aliphatic heterocycles. The summed E-state index contributed by atoms with van der Waals surface area (Å²) in [6, 6.07) is 4.70. The summed E-state index contributed by atoms with van der Waals surface area (Å²) >= 11 is 0. The van der Waals surface area contributed by atoms with Crippen molar-refractivity contribution in [3.8, 4) is 0 Å². The lowest BCUT2D eigenvalue weighted by Crippen LogP contribution is -2.47. The molecule has 1 aromatic heterocycles. The second kappa shape index (κ2) is 9.07. The van der Waals surface area contributed by atoms with Crippen LogP contribution in [0.15, 0.2) is 29.3 Å². The molecule has 2 aliphatic carbocycles. The van der Waals surface area contributed by atoms with Gasteiger partial charge >= 0.3 is 0 Å². The predicted octanol–water partition coefficient (Wildman–Crippen LogP) is 0.941. The van der Waals surface area contributed by atoms with Gasteiger partial charge in [0.15, 0.2) is 11.6 Å². The number of fused-ring (bicyclic) bond motifs is 5. The molecule has 6 bridgehead atoms. The third kappa shape index (κ3) is 4.38. The van der Waals surface area contributed by atoms with Crippen molar-refractivity contribution in [3.05, 3.63) is 30.2 Å². The maximum absolute atomic E-state index is 14.7. The second-order valence-electron chi connectivity index (χ2n) is 10.6. The Morgan fingerprint density at radius 1 is 1.16 bits per heavy atom. The molecular formula is C24H31FN8O3S. The number of anilines is 4. The quantitative estimate of drug-likeness (QED) is 0.446. The molecular weight excluding hydrogens is 499 g/mol. The summed E-state index contributed by atoms with van der Waals surface area (Å²) in [6.45, 7) is 3.32. The minimum absolute atomic E-state index is 0.00743. The number of nitrogens with one attached hydrogen (secondary N) is 3. The normalized spacial score (nSPS) is 30.8. The average molecular weight is 531 g/mol. The number of rotatable bonds is 2. The molecule has 3 fully saturated rings. The molecule has 1 saturated heterocycles. The van der Waals surface area contributed by atoms with Crippen LogP contribution in [-0.4, -0.2) is 75.0 Å². The first-order valence-electron chi connectivity index (χ1n) is 12.6. The summed E-state index contributed by atoms with van der Waals surface area (Å²) in [6.07, 6.45) is 2.46. The summed E-state index contributed by atoms with van der Waals surface area (Å²) in [5.41, 5.74) is 6.84. The smallest absolute Gasteiger partial charge is 0.242 e. The highest BCUT2D eigenvalue weighted by Crippen LogP contribution is 2.52. The first-order valence-corrected chi connectivity index (χ1v) is 14.1. The Labute approximate surface area is 215 Å². The van der Waals surface area contributed by atoms with Crippen molar-refractivity contribution in [3.63, 3.8) is 0 Å². The third-order valence-corrected chi connectivity index (χ3v) is 9.86. The van der Waals surface area contributed by atoms with E-state index in [9.17, 15) is 17.6 Å². The van der Waals surface area contributed by atoms with Crippen LogP contribution in [0.2, 0.25) is 0 Å². The summed E-state index contributed by atoms with van der Waals surface area (Å²) in [7, 11) is -1.82. The lowest BCUT2D eigenvalue weighted by molar-refractivity contribution is -0.123. The van der Waals surface area contributed by atoms with Crippen molar-refractivity contribution in [2.45, 2.75) is 23.8 Å². The molecule has 3 heterocycles. The van der Waals surface area contributed by atoms with Crippen LogP contribution >= 0.6 is 0 Å². The van der Waals surface area contributed by atoms with Crippen molar-refractivity contribution in [1.82, 2.24) is 19.6 Å². The van der Waals surface area contributed by atoms with Gasteiger partial charge in [0.2, 0.25) is 21.9 Å². The van der Waals surface area contributed by atoms with Crippen LogP contribution in [0.25, 0.3) is 0 Å². The summed E-state index contributed by atoms with van der Waals surface area (Å²) in [4.78, 5) is 25.2. The Balaban J connectivity index is 1.42. The molecule has 37 heavy (non-hydrogen) atoms. The van der Waals surface area contributed by atoms with Gasteiger partial charge < -0.3 is 26.2 Å². The highest BCUT2D eigenvalue weighted by Gasteiger charge is 2.55. The summed E-state index contributed by atoms with van der Waals surface area (Å²) in [5, 5.41) is 6.14. The monoisotopic (exact) mass is 530 g/mol. The molecule has 1 amide bonds. The van der Waals surface area contributed by atoms with E-state index in [1.165, 1.54) is 0 Å². The van der Waals surface area contributed by atoms with Gasteiger partial charge in [-0.2, -0.15) is 4.98 Å². The molecule has 1 aromatic carbocycles. The van der Waals surface area contributed by atoms with E-state index in [1.807, 2.05) is 7.05 Å². The number of nitrogens with zero attached hydrogens (tertiary/aromatic N) is 4. The molecule has 0 unspecified atom stereocenters. The molecule has 2 aromatic rings. The molecule has 4 aliphatic rings. The number of hydrogen-bond donors (Lipinski definition) is 4. The van der Waals surface area contributed by atoms with Crippen molar-refractivity contribution >= 4 is 39.1 Å². The minimum Gasteiger partial charge on any atom is -0.369 e. The van der Waals surface area contributed by atoms with Crippen LogP contribution in [0.3, 0.4) is 0 Å². The van der Waals surface area contributed by atoms with E-state index in [-0.39, 0.29) is 41.0 Å². The van der Waals surface area contributed by atoms with Gasteiger partial charge in [-0.1, -0.05) is 0 Å². The summed E-state index contributed by atoms with van der Waals surface area (Å²) in [5.74, 6) is -1.51. The molecule has 0 spiro atoms. The van der Waals surface area contributed by atoms with Crippen molar-refractivity contribution in [2.75, 3.05) is 55.3 Å². The lowest BCUT2D eigenvalue weighted by Gasteiger charge is -2.36. The molecule has 2 saturated carbocycles. The molecule has 11 nitrogen and oxygen atoms in total. The zero-order chi connectivity index (χ0) is 25.9. The number of benzene rings is 1. The topological polar surface area (TPSA) is 146 Å². The van der Waals surface area contributed by atoms with Gasteiger partial charge in [0, 0.05) is 44.5 Å². The molecule has 198 valence electrons. The van der Waals surface area contributed by atoms with Gasteiger partial charge in [-0.15, -0.1) is 0 Å². The number of aromatic nitrogens is 2. The zero-order valence-electron chi connectivity index (χ0n) is 20.5. The number of sulfonamides is 1. The first-order chi connectivity index (χ1) is 17.7. The Morgan fingerprint density at radius 3 is 2.70 bits per heavy atom. The number of carbonyl (C=O) groups excluding carboxylic acids is 1. The molecule has 0 radical (unpaired) electrons. The summed E-state index contributed by atoms with van der Waals surface area (Å²) < 4.78 is 45.0. The molecule has 5 N–H and O–H groups in total. The molecule has 6 rings (SSSR count). The van der Waals surface area contributed by atoms with Crippen LogP contribution in [0.1, 0.15) is 12.8 Å². The largest absolute Gasteiger partial charge is 0.369 e. The number of primary amides is 1. The van der Waals surface area contributed by atoms with Gasteiger partial charge in [0.25, 0.3) is 0 Å². The highest BCUT2D eigenvalue weighted by molar-refractivity contribution is 7.89. The van der Waals surface area contributed by atoms with E-state index >= 15 is 0 Å². The van der Waals surface area contributed by atoms with Gasteiger partial charge in [-0.3, -0.25) is 4.79 Å². The Bertz CT molecular complexity index is 1330. The second-order valence-corrected chi connectivity index (χ2v) is 12.3. The van der Waals surface area contributed by atoms with E-state index in [2.05, 4.69) is 35.1 Å². The van der Waals surface area contributed by atoms with Gasteiger partial charge in [0.1, 0.15) is 4.90 Å². The third-order valence-electron chi connectivity index (χ3n) is 8.40. The maximum Gasteiger partial charge on any atom is 0.242 e. The van der Waals surface area contributed by atoms with Gasteiger partial charge in [-0.25, -0.2) is 22.5 Å². The average Bonchev–Trinajstić information content (AvgIpc) is 3.43. The number of piperazine rings is 1. The van der Waals surface area contributed by atoms with Crippen molar-refractivity contribution in [2.24, 2.45) is 29.4 Å². The zero-order valence-corrected chi connectivity index (χ0v) is 21.3. The molecule has 5 atom stereocenters. The van der Waals surface area contributed by atoms with E-state index in [1.54, 1.807) is 18.2 Å². The van der Waals surface area contributed by atoms with Crippen LogP contribution in [-0.2, 0) is 14.8 Å². The number of halogens is 1. The fourth-order valence-corrected chi connectivity index (χ4v) is 7.90. The Kier molecular flexibility index (Phi) is 5.96. The number of nitrogens with two attached hydrogens (primary N) is 1. The number of carbonyl (C=O) groups is 1. The van der Waals surface area contributed by atoms with Gasteiger partial charge in [0.05, 0.1) is 17.8 Å². The Hall–Kier alpha value is -3.03. The van der Waals surface area contributed by atoms with Crippen LogP contribution in [0.4, 0.5) is 27.5 Å². The van der Waals surface area contributed by atoms with E-state index < -0.39 is 33.7 Å². The van der Waals surface area contributed by atoms with E-state index in [4.69, 9.17) is 5.73 Å². The number of likely N-dealkylation sites (N-methyl/N-ethyl adjacent to an activating group) is 1. The van der Waals surface area contributed by atoms with Gasteiger partial charge in [-0.05, 0) is 55.8 Å². The SMILES string of the molecule is CN1CCN(c2ccc3cc2S(=O)(=O)NC[C@@H]2C[C@H]4C[C@H]2[C@@H](Nc2nc(ncc2F)N3)[C@H]4C(N)=O)CC1. The van der Waals surface area contributed by atoms with E-state index in [0.29, 0.717) is 30.9 Å². The number of hydrogen-bond acceptors (Lipinski definition) is 9. The Morgan fingerprint density at radius 2 is 1.95 bits per heavy atom. The predicted molar refractivity (Wildman–Crippen MR) is 136 cm³/mol. The van der Waals surface area contributed by atoms with Crippen LogP contribution in [0, 0.1) is 29.5 Å². The molecule has 13 heteroatoms. The standard InChI is InChI=1S/C24H31FN8O3S/c1-32-4-6-33(7-5-32)18-3-2-15-10-19(18)37(35,36)28-11-14-8-13-9-16(14)21(20(13)22(26)34)30-23-17(25)12-27-24(29-15)31-23/h2-3,10,12-14,16,20-21,28H,4-9,11H2,1H3,(H2,26,34)(H2,27,29,30,31)/t13-,14-,16+,20-,21+/m0/s1. The van der Waals surface area contributed by atoms with Crippen LogP contribution < -0.4 is 26.0 Å². The first kappa shape index (κ1) is 24.3. The fraction of sp³-hybridized carbons (Fsp3) is 0.542. The maximum atomic E-state index is 14.7. The number of amides is 1. The van der Waals surface area contributed by atoms with Crippen molar-refractivity contribution in [1.29, 1.82) is 0 Å². The minimum atomic E-state index is -3.87. The van der Waals surface area contributed by atoms with Crippen molar-refractivity contribution < 1.29 is 17.6 Å². The lowest BCUT2D eigenvalue weighted by atomic mass is 9.78. The van der Waals surface area contributed by atoms with Crippen LogP contribution in [0.5, 0.6) is 0 Å². The fourth-order valence-electron chi connectivity index (χ4n) is 6.56. The highest BCUT2D eigenvalue weighted by atomic mass is 32.2.